The van der Waals surface area contributed by atoms with E-state index in [1.54, 1.807) is 10.5 Å². The summed E-state index contributed by atoms with van der Waals surface area (Å²) in [5, 5.41) is 8.45. The third-order valence-corrected chi connectivity index (χ3v) is 4.61. The summed E-state index contributed by atoms with van der Waals surface area (Å²) in [6.45, 7) is 2.29. The van der Waals surface area contributed by atoms with Gasteiger partial charge in [-0.25, -0.2) is 4.98 Å². The highest BCUT2D eigenvalue weighted by Crippen LogP contribution is 2.13. The summed E-state index contributed by atoms with van der Waals surface area (Å²) in [5.74, 6) is -0.0860. The van der Waals surface area contributed by atoms with Crippen molar-refractivity contribution in [1.82, 2.24) is 14.7 Å². The lowest BCUT2D eigenvalue weighted by Crippen LogP contribution is -2.26. The van der Waals surface area contributed by atoms with E-state index in [2.05, 4.69) is 10.3 Å². The molecule has 21 heavy (non-hydrogen) atoms. The molecule has 0 aliphatic carbocycles. The summed E-state index contributed by atoms with van der Waals surface area (Å²) >= 11 is 2.93. The molecular formula is C14H13N3O2S2. The number of fused-ring (bicyclic) bond motifs is 1. The van der Waals surface area contributed by atoms with Crippen LogP contribution in [0.5, 0.6) is 0 Å². The molecule has 0 atom stereocenters. The van der Waals surface area contributed by atoms with Gasteiger partial charge < -0.3 is 5.32 Å². The molecule has 3 rings (SSSR count). The quantitative estimate of drug-likeness (QED) is 0.801. The van der Waals surface area contributed by atoms with Gasteiger partial charge in [0.15, 0.2) is 4.96 Å². The SMILES string of the molecule is Cc1cc(=O)n2c(CCNC(=O)c3ccsc3)csc2n1. The third-order valence-electron chi connectivity index (χ3n) is 3.05. The van der Waals surface area contributed by atoms with Crippen molar-refractivity contribution in [2.45, 2.75) is 13.3 Å². The zero-order valence-corrected chi connectivity index (χ0v) is 13.0. The molecule has 0 fully saturated rings. The fourth-order valence-corrected chi connectivity index (χ4v) is 3.67. The van der Waals surface area contributed by atoms with E-state index in [-0.39, 0.29) is 11.5 Å². The molecule has 0 radical (unpaired) electrons. The van der Waals surface area contributed by atoms with Crippen LogP contribution in [-0.4, -0.2) is 21.8 Å². The van der Waals surface area contributed by atoms with E-state index in [0.717, 1.165) is 11.4 Å². The fraction of sp³-hybridized carbons (Fsp3) is 0.214. The smallest absolute Gasteiger partial charge is 0.258 e. The van der Waals surface area contributed by atoms with Crippen molar-refractivity contribution < 1.29 is 4.79 Å². The van der Waals surface area contributed by atoms with Crippen LogP contribution in [0.2, 0.25) is 0 Å². The summed E-state index contributed by atoms with van der Waals surface area (Å²) < 4.78 is 1.61. The van der Waals surface area contributed by atoms with Crippen LogP contribution in [0, 0.1) is 6.92 Å². The van der Waals surface area contributed by atoms with Gasteiger partial charge in [-0.3, -0.25) is 14.0 Å². The monoisotopic (exact) mass is 319 g/mol. The molecule has 7 heteroatoms. The van der Waals surface area contributed by atoms with Crippen LogP contribution >= 0.6 is 22.7 Å². The van der Waals surface area contributed by atoms with Crippen molar-refractivity contribution in [1.29, 1.82) is 0 Å². The highest BCUT2D eigenvalue weighted by atomic mass is 32.1. The average Bonchev–Trinajstić information content (AvgIpc) is 3.07. The number of aromatic nitrogens is 2. The number of thiazole rings is 1. The van der Waals surface area contributed by atoms with E-state index in [1.165, 1.54) is 28.7 Å². The van der Waals surface area contributed by atoms with Crippen molar-refractivity contribution in [3.63, 3.8) is 0 Å². The van der Waals surface area contributed by atoms with Crippen molar-refractivity contribution in [2.75, 3.05) is 6.54 Å². The summed E-state index contributed by atoms with van der Waals surface area (Å²) in [6.07, 6.45) is 0.598. The molecule has 3 aromatic rings. The maximum absolute atomic E-state index is 12.0. The van der Waals surface area contributed by atoms with E-state index in [4.69, 9.17) is 0 Å². The second-order valence-electron chi connectivity index (χ2n) is 4.60. The molecule has 0 saturated carbocycles. The highest BCUT2D eigenvalue weighted by Gasteiger charge is 2.09. The minimum atomic E-state index is -0.0860. The minimum absolute atomic E-state index is 0.0714. The predicted octanol–water partition coefficient (Wildman–Crippen LogP) is 2.10. The second kappa shape index (κ2) is 5.79. The molecule has 0 aliphatic heterocycles. The van der Waals surface area contributed by atoms with Gasteiger partial charge in [-0.1, -0.05) is 0 Å². The zero-order valence-electron chi connectivity index (χ0n) is 11.3. The largest absolute Gasteiger partial charge is 0.352 e. The molecule has 0 unspecified atom stereocenters. The molecule has 0 spiro atoms. The second-order valence-corrected chi connectivity index (χ2v) is 6.22. The number of hydrogen-bond acceptors (Lipinski definition) is 5. The fourth-order valence-electron chi connectivity index (χ4n) is 2.06. The first-order chi connectivity index (χ1) is 10.1. The Morgan fingerprint density at radius 1 is 1.43 bits per heavy atom. The molecule has 1 N–H and O–H groups in total. The Labute approximate surface area is 128 Å². The number of hydrogen-bond donors (Lipinski definition) is 1. The Morgan fingerprint density at radius 2 is 2.29 bits per heavy atom. The number of carbonyl (C=O) groups excluding carboxylic acids is 1. The van der Waals surface area contributed by atoms with Crippen LogP contribution < -0.4 is 10.9 Å². The first-order valence-electron chi connectivity index (χ1n) is 6.42. The maximum atomic E-state index is 12.0. The van der Waals surface area contributed by atoms with Crippen LogP contribution in [0.15, 0.2) is 33.1 Å². The number of carbonyl (C=O) groups is 1. The molecule has 0 bridgehead atoms. The molecular weight excluding hydrogens is 306 g/mol. The average molecular weight is 319 g/mol. The van der Waals surface area contributed by atoms with Crippen LogP contribution in [-0.2, 0) is 6.42 Å². The highest BCUT2D eigenvalue weighted by molar-refractivity contribution is 7.15. The lowest BCUT2D eigenvalue weighted by Gasteiger charge is -2.04. The number of aryl methyl sites for hydroxylation is 1. The van der Waals surface area contributed by atoms with E-state index in [0.29, 0.717) is 23.5 Å². The van der Waals surface area contributed by atoms with Gasteiger partial charge >= 0.3 is 0 Å². The molecule has 0 saturated heterocycles. The summed E-state index contributed by atoms with van der Waals surface area (Å²) in [5.41, 5.74) is 2.19. The lowest BCUT2D eigenvalue weighted by molar-refractivity contribution is 0.0954. The van der Waals surface area contributed by atoms with Crippen molar-refractivity contribution in [3.05, 3.63) is 55.6 Å². The van der Waals surface area contributed by atoms with Crippen LogP contribution in [0.4, 0.5) is 0 Å². The standard InChI is InChI=1S/C14H13N3O2S2/c1-9-6-12(18)17-11(8-21-14(17)16-9)2-4-15-13(19)10-3-5-20-7-10/h3,5-8H,2,4H2,1H3,(H,15,19). The van der Waals surface area contributed by atoms with Gasteiger partial charge in [-0.2, -0.15) is 11.3 Å². The molecule has 1 amide bonds. The van der Waals surface area contributed by atoms with Gasteiger partial charge in [0, 0.05) is 46.7 Å². The Morgan fingerprint density at radius 3 is 3.05 bits per heavy atom. The molecule has 3 heterocycles. The lowest BCUT2D eigenvalue weighted by atomic mass is 10.3. The van der Waals surface area contributed by atoms with Crippen LogP contribution in [0.1, 0.15) is 21.7 Å². The van der Waals surface area contributed by atoms with E-state index >= 15 is 0 Å². The Bertz CT molecular complexity index is 834. The van der Waals surface area contributed by atoms with Crippen LogP contribution in [0.25, 0.3) is 4.96 Å². The molecule has 3 aromatic heterocycles. The number of nitrogens with one attached hydrogen (secondary N) is 1. The molecule has 5 nitrogen and oxygen atoms in total. The maximum Gasteiger partial charge on any atom is 0.258 e. The van der Waals surface area contributed by atoms with Gasteiger partial charge in [-0.05, 0) is 18.4 Å². The van der Waals surface area contributed by atoms with Crippen molar-refractivity contribution in [3.8, 4) is 0 Å². The Hall–Kier alpha value is -1.99. The number of amides is 1. The summed E-state index contributed by atoms with van der Waals surface area (Å²) in [7, 11) is 0. The van der Waals surface area contributed by atoms with Crippen molar-refractivity contribution >= 4 is 33.5 Å². The Balaban J connectivity index is 1.71. The van der Waals surface area contributed by atoms with E-state index in [9.17, 15) is 9.59 Å². The number of rotatable bonds is 4. The molecule has 108 valence electrons. The molecule has 0 aromatic carbocycles. The van der Waals surface area contributed by atoms with Gasteiger partial charge in [0.05, 0.1) is 0 Å². The Kier molecular flexibility index (Phi) is 3.85. The molecule has 0 aliphatic rings. The van der Waals surface area contributed by atoms with E-state index in [1.807, 2.05) is 23.1 Å². The first-order valence-corrected chi connectivity index (χ1v) is 8.24. The number of nitrogens with zero attached hydrogens (tertiary/aromatic N) is 2. The van der Waals surface area contributed by atoms with Crippen LogP contribution in [0.3, 0.4) is 0 Å². The normalized spacial score (nSPS) is 10.9. The third kappa shape index (κ3) is 2.88. The summed E-state index contributed by atoms with van der Waals surface area (Å²) in [6, 6.07) is 3.31. The zero-order chi connectivity index (χ0) is 14.8. The van der Waals surface area contributed by atoms with Gasteiger partial charge in [0.2, 0.25) is 0 Å². The minimum Gasteiger partial charge on any atom is -0.352 e. The topological polar surface area (TPSA) is 63.5 Å². The van der Waals surface area contributed by atoms with Gasteiger partial charge in [0.1, 0.15) is 0 Å². The predicted molar refractivity (Wildman–Crippen MR) is 84.4 cm³/mol. The number of thiophene rings is 1. The van der Waals surface area contributed by atoms with E-state index < -0.39 is 0 Å². The van der Waals surface area contributed by atoms with Gasteiger partial charge in [-0.15, -0.1) is 11.3 Å². The van der Waals surface area contributed by atoms with Crippen molar-refractivity contribution in [2.24, 2.45) is 0 Å². The summed E-state index contributed by atoms with van der Waals surface area (Å²) in [4.78, 5) is 28.9. The first kappa shape index (κ1) is 14.0. The van der Waals surface area contributed by atoms with Gasteiger partial charge in [0.25, 0.3) is 11.5 Å².